The summed E-state index contributed by atoms with van der Waals surface area (Å²) in [5.41, 5.74) is 2.05. The molecule has 0 unspecified atom stereocenters. The largest absolute Gasteiger partial charge is 0.469 e. The summed E-state index contributed by atoms with van der Waals surface area (Å²) in [6.07, 6.45) is 5.67. The van der Waals surface area contributed by atoms with Gasteiger partial charge in [0.05, 0.1) is 11.8 Å². The fourth-order valence-corrected chi connectivity index (χ4v) is 2.96. The van der Waals surface area contributed by atoms with Gasteiger partial charge in [0.1, 0.15) is 10.8 Å². The van der Waals surface area contributed by atoms with Crippen LogP contribution in [0.5, 0.6) is 0 Å². The van der Waals surface area contributed by atoms with Crippen molar-refractivity contribution < 1.29 is 4.42 Å². The molecule has 5 nitrogen and oxygen atoms in total. The fraction of sp³-hybridized carbons (Fsp3) is 0.0625. The van der Waals surface area contributed by atoms with Gasteiger partial charge in [0.25, 0.3) is 0 Å². The predicted octanol–water partition coefficient (Wildman–Crippen LogP) is 3.92. The van der Waals surface area contributed by atoms with E-state index in [0.717, 1.165) is 26.9 Å². The smallest absolute Gasteiger partial charge is 0.235 e. The van der Waals surface area contributed by atoms with Crippen LogP contribution in [0.25, 0.3) is 28.5 Å². The molecule has 0 radical (unpaired) electrons. The highest BCUT2D eigenvalue weighted by atomic mass is 32.1. The summed E-state index contributed by atoms with van der Waals surface area (Å²) in [5.74, 6) is 1.51. The van der Waals surface area contributed by atoms with E-state index < -0.39 is 0 Å². The highest BCUT2D eigenvalue weighted by molar-refractivity contribution is 7.17. The van der Waals surface area contributed by atoms with Crippen molar-refractivity contribution in [3.63, 3.8) is 0 Å². The molecular formula is C16H12N4OS. The van der Waals surface area contributed by atoms with Crippen LogP contribution in [0.4, 0.5) is 0 Å². The highest BCUT2D eigenvalue weighted by Crippen LogP contribution is 2.25. The summed E-state index contributed by atoms with van der Waals surface area (Å²) in [5, 5.41) is 13.8. The molecule has 0 amide bonds. The van der Waals surface area contributed by atoms with Crippen molar-refractivity contribution in [1.29, 1.82) is 0 Å². The van der Waals surface area contributed by atoms with Crippen LogP contribution in [0.3, 0.4) is 0 Å². The predicted molar refractivity (Wildman–Crippen MR) is 86.5 cm³/mol. The Morgan fingerprint density at radius 3 is 2.73 bits per heavy atom. The topological polar surface area (TPSA) is 56.2 Å². The van der Waals surface area contributed by atoms with Crippen LogP contribution < -0.4 is 0 Å². The Bertz CT molecular complexity index is 949. The Kier molecular flexibility index (Phi) is 3.08. The summed E-state index contributed by atoms with van der Waals surface area (Å²) in [4.78, 5) is 0.767. The standard InChI is InChI=1S/C16H12N4OS/c1-11-13(9-10-21-11)15-17-18-16-20(15)19-14(22-16)8-7-12-5-3-2-4-6-12/h2-10H,1H3/b8-7-. The third kappa shape index (κ3) is 2.23. The van der Waals surface area contributed by atoms with Gasteiger partial charge in [-0.1, -0.05) is 47.7 Å². The molecule has 0 aliphatic heterocycles. The first kappa shape index (κ1) is 13.0. The summed E-state index contributed by atoms with van der Waals surface area (Å²) < 4.78 is 7.09. The van der Waals surface area contributed by atoms with Crippen LogP contribution in [0.15, 0.2) is 47.1 Å². The zero-order valence-corrected chi connectivity index (χ0v) is 12.6. The minimum Gasteiger partial charge on any atom is -0.469 e. The fourth-order valence-electron chi connectivity index (χ4n) is 2.22. The minimum atomic E-state index is 0.705. The number of aryl methyl sites for hydroxylation is 1. The summed E-state index contributed by atoms with van der Waals surface area (Å²) in [6, 6.07) is 12.0. The third-order valence-electron chi connectivity index (χ3n) is 3.32. The van der Waals surface area contributed by atoms with Crippen LogP contribution >= 0.6 is 11.3 Å². The Hall–Kier alpha value is -2.73. The monoisotopic (exact) mass is 308 g/mol. The summed E-state index contributed by atoms with van der Waals surface area (Å²) in [6.45, 7) is 1.90. The lowest BCUT2D eigenvalue weighted by Crippen LogP contribution is -1.90. The molecule has 0 spiro atoms. The lowest BCUT2D eigenvalue weighted by Gasteiger charge is -1.93. The second kappa shape index (κ2) is 5.23. The number of nitrogens with zero attached hydrogens (tertiary/aromatic N) is 4. The SMILES string of the molecule is Cc1occc1-c1nnc2sc(/C=C\c3ccccc3)nn12. The van der Waals surface area contributed by atoms with E-state index >= 15 is 0 Å². The van der Waals surface area contributed by atoms with E-state index in [2.05, 4.69) is 27.4 Å². The number of furan rings is 1. The van der Waals surface area contributed by atoms with Crippen molar-refractivity contribution in [3.05, 3.63) is 59.0 Å². The van der Waals surface area contributed by atoms with E-state index in [1.807, 2.05) is 43.3 Å². The molecule has 3 heterocycles. The van der Waals surface area contributed by atoms with E-state index in [0.29, 0.717) is 5.82 Å². The van der Waals surface area contributed by atoms with Gasteiger partial charge in [-0.2, -0.15) is 9.61 Å². The Labute approximate surface area is 130 Å². The normalized spacial score (nSPS) is 11.7. The van der Waals surface area contributed by atoms with Crippen molar-refractivity contribution >= 4 is 28.4 Å². The van der Waals surface area contributed by atoms with E-state index in [1.54, 1.807) is 10.8 Å². The number of hydrogen-bond acceptors (Lipinski definition) is 5. The van der Waals surface area contributed by atoms with Crippen LogP contribution in [0, 0.1) is 6.92 Å². The minimum absolute atomic E-state index is 0.705. The zero-order chi connectivity index (χ0) is 14.9. The molecule has 0 aliphatic carbocycles. The van der Waals surface area contributed by atoms with Crippen LogP contribution in [0.1, 0.15) is 16.3 Å². The van der Waals surface area contributed by atoms with Gasteiger partial charge in [-0.15, -0.1) is 10.2 Å². The second-order valence-corrected chi connectivity index (χ2v) is 5.78. The maximum atomic E-state index is 5.33. The Balaban J connectivity index is 1.72. The van der Waals surface area contributed by atoms with E-state index in [1.165, 1.54) is 11.3 Å². The van der Waals surface area contributed by atoms with Gasteiger partial charge in [0.2, 0.25) is 4.96 Å². The molecule has 0 fully saturated rings. The average molecular weight is 308 g/mol. The lowest BCUT2D eigenvalue weighted by atomic mass is 10.2. The third-order valence-corrected chi connectivity index (χ3v) is 4.19. The molecule has 0 N–H and O–H groups in total. The van der Waals surface area contributed by atoms with Gasteiger partial charge in [0.15, 0.2) is 5.82 Å². The number of fused-ring (bicyclic) bond motifs is 1. The maximum absolute atomic E-state index is 5.33. The first-order valence-corrected chi connectivity index (χ1v) is 7.63. The molecule has 22 heavy (non-hydrogen) atoms. The van der Waals surface area contributed by atoms with Gasteiger partial charge < -0.3 is 4.42 Å². The van der Waals surface area contributed by atoms with Crippen molar-refractivity contribution in [2.45, 2.75) is 6.92 Å². The van der Waals surface area contributed by atoms with Crippen LogP contribution in [0.2, 0.25) is 0 Å². The number of rotatable bonds is 3. The maximum Gasteiger partial charge on any atom is 0.235 e. The van der Waals surface area contributed by atoms with E-state index in [9.17, 15) is 0 Å². The summed E-state index contributed by atoms with van der Waals surface area (Å²) >= 11 is 1.50. The van der Waals surface area contributed by atoms with Gasteiger partial charge in [-0.25, -0.2) is 0 Å². The molecule has 1 aromatic carbocycles. The van der Waals surface area contributed by atoms with Crippen molar-refractivity contribution in [3.8, 4) is 11.4 Å². The zero-order valence-electron chi connectivity index (χ0n) is 11.8. The molecule has 6 heteroatoms. The van der Waals surface area contributed by atoms with Gasteiger partial charge in [-0.3, -0.25) is 0 Å². The number of hydrogen-bond donors (Lipinski definition) is 0. The van der Waals surface area contributed by atoms with E-state index in [4.69, 9.17) is 4.42 Å². The molecule has 0 saturated carbocycles. The van der Waals surface area contributed by atoms with E-state index in [-0.39, 0.29) is 0 Å². The molecule has 4 rings (SSSR count). The van der Waals surface area contributed by atoms with Gasteiger partial charge in [0, 0.05) is 0 Å². The Morgan fingerprint density at radius 2 is 1.95 bits per heavy atom. The molecule has 108 valence electrons. The number of aromatic nitrogens is 4. The molecule has 4 aromatic rings. The molecule has 0 atom stereocenters. The van der Waals surface area contributed by atoms with Crippen molar-refractivity contribution in [2.24, 2.45) is 0 Å². The first-order chi connectivity index (χ1) is 10.8. The molecule has 0 bridgehead atoms. The molecular weight excluding hydrogens is 296 g/mol. The molecule has 0 aliphatic rings. The van der Waals surface area contributed by atoms with Gasteiger partial charge in [-0.05, 0) is 24.6 Å². The second-order valence-electron chi connectivity index (χ2n) is 4.79. The quantitative estimate of drug-likeness (QED) is 0.575. The average Bonchev–Trinajstić information content (AvgIpc) is 3.22. The van der Waals surface area contributed by atoms with Crippen molar-refractivity contribution in [1.82, 2.24) is 19.8 Å². The Morgan fingerprint density at radius 1 is 1.09 bits per heavy atom. The number of benzene rings is 1. The van der Waals surface area contributed by atoms with Crippen LogP contribution in [-0.2, 0) is 0 Å². The van der Waals surface area contributed by atoms with Gasteiger partial charge >= 0.3 is 0 Å². The molecule has 0 saturated heterocycles. The van der Waals surface area contributed by atoms with Crippen LogP contribution in [-0.4, -0.2) is 19.8 Å². The lowest BCUT2D eigenvalue weighted by molar-refractivity contribution is 0.535. The van der Waals surface area contributed by atoms with Crippen molar-refractivity contribution in [2.75, 3.05) is 0 Å². The molecule has 3 aromatic heterocycles. The highest BCUT2D eigenvalue weighted by Gasteiger charge is 2.15. The summed E-state index contributed by atoms with van der Waals surface area (Å²) in [7, 11) is 0. The first-order valence-electron chi connectivity index (χ1n) is 6.81.